The van der Waals surface area contributed by atoms with Crippen LogP contribution >= 0.6 is 22.6 Å². The first-order chi connectivity index (χ1) is 13.0. The van der Waals surface area contributed by atoms with Crippen LogP contribution in [0.15, 0.2) is 66.7 Å². The van der Waals surface area contributed by atoms with Gasteiger partial charge in [-0.3, -0.25) is 0 Å². The lowest BCUT2D eigenvalue weighted by molar-refractivity contribution is 0.304. The lowest BCUT2D eigenvalue weighted by Crippen LogP contribution is -1.97. The third kappa shape index (κ3) is 5.21. The zero-order valence-corrected chi connectivity index (χ0v) is 17.5. The van der Waals surface area contributed by atoms with Crippen molar-refractivity contribution in [2.24, 2.45) is 0 Å². The topological polar surface area (TPSA) is 33.0 Å². The average Bonchev–Trinajstić information content (AvgIpc) is 2.67. The van der Waals surface area contributed by atoms with Gasteiger partial charge in [-0.1, -0.05) is 65.7 Å². The molecule has 134 valence electrons. The fourth-order valence-corrected chi connectivity index (χ4v) is 3.34. The number of nitrogens with zero attached hydrogens (tertiary/aromatic N) is 1. The van der Waals surface area contributed by atoms with Gasteiger partial charge >= 0.3 is 0 Å². The van der Waals surface area contributed by atoms with Crippen molar-refractivity contribution >= 4 is 34.2 Å². The van der Waals surface area contributed by atoms with E-state index < -0.39 is 0 Å². The maximum Gasteiger partial charge on any atom is 0.133 e. The zero-order valence-electron chi connectivity index (χ0n) is 15.4. The highest BCUT2D eigenvalue weighted by Crippen LogP contribution is 2.26. The third-order valence-electron chi connectivity index (χ3n) is 4.26. The van der Waals surface area contributed by atoms with E-state index in [1.165, 1.54) is 11.1 Å². The van der Waals surface area contributed by atoms with Crippen LogP contribution in [-0.2, 0) is 6.61 Å². The quantitative estimate of drug-likeness (QED) is 0.243. The maximum absolute atomic E-state index is 9.52. The van der Waals surface area contributed by atoms with Gasteiger partial charge in [0.05, 0.1) is 15.2 Å². The van der Waals surface area contributed by atoms with E-state index >= 15 is 0 Å². The maximum atomic E-state index is 9.52. The van der Waals surface area contributed by atoms with E-state index in [0.717, 1.165) is 26.0 Å². The first-order valence-corrected chi connectivity index (χ1v) is 9.80. The minimum atomic E-state index is 0.540. The number of aryl methyl sites for hydroxylation is 2. The fraction of sp³-hybridized carbons (Fsp3) is 0.125. The average molecular weight is 465 g/mol. The molecule has 0 spiro atoms. The summed E-state index contributed by atoms with van der Waals surface area (Å²) in [5.41, 5.74) is 6.13. The van der Waals surface area contributed by atoms with Gasteiger partial charge in [0, 0.05) is 0 Å². The summed E-state index contributed by atoms with van der Waals surface area (Å²) in [6.07, 6.45) is 1.91. The molecule has 3 aromatic rings. The summed E-state index contributed by atoms with van der Waals surface area (Å²) < 4.78 is 6.98. The summed E-state index contributed by atoms with van der Waals surface area (Å²) in [6.45, 7) is 4.65. The summed E-state index contributed by atoms with van der Waals surface area (Å²) in [7, 11) is 0. The lowest BCUT2D eigenvalue weighted by Gasteiger charge is -2.09. The Labute approximate surface area is 174 Å². The molecule has 3 heteroatoms. The van der Waals surface area contributed by atoms with Crippen molar-refractivity contribution in [3.63, 3.8) is 0 Å². The zero-order chi connectivity index (χ0) is 19.2. The normalized spacial score (nSPS) is 11.1. The minimum Gasteiger partial charge on any atom is -0.488 e. The van der Waals surface area contributed by atoms with Crippen molar-refractivity contribution in [3.05, 3.63) is 98.1 Å². The Morgan fingerprint density at radius 2 is 1.59 bits per heavy atom. The number of hydrogen-bond donors (Lipinski definition) is 0. The Morgan fingerprint density at radius 1 is 0.963 bits per heavy atom. The van der Waals surface area contributed by atoms with Crippen LogP contribution in [0.4, 0.5) is 0 Å². The Balaban J connectivity index is 1.76. The number of ether oxygens (including phenoxy) is 1. The molecule has 2 nitrogen and oxygen atoms in total. The van der Waals surface area contributed by atoms with E-state index in [1.54, 1.807) is 0 Å². The fourth-order valence-electron chi connectivity index (χ4n) is 2.65. The van der Waals surface area contributed by atoms with E-state index in [-0.39, 0.29) is 0 Å². The molecule has 27 heavy (non-hydrogen) atoms. The van der Waals surface area contributed by atoms with Crippen molar-refractivity contribution in [1.29, 1.82) is 5.26 Å². The Kier molecular flexibility index (Phi) is 6.31. The minimum absolute atomic E-state index is 0.540. The van der Waals surface area contributed by atoms with Gasteiger partial charge in [0.2, 0.25) is 0 Å². The first-order valence-electron chi connectivity index (χ1n) is 8.72. The van der Waals surface area contributed by atoms with Crippen molar-refractivity contribution < 1.29 is 4.74 Å². The standard InChI is InChI=1S/C24H20INO/c1-17-3-7-19(8-4-17)16-27-24-12-9-20(14-23(24)25)13-22(15-26)21-10-5-18(2)6-11-21/h3-14H,16H2,1-2H3/b22-13-. The van der Waals surface area contributed by atoms with Gasteiger partial charge in [0.1, 0.15) is 12.4 Å². The Bertz CT molecular complexity index is 996. The van der Waals surface area contributed by atoms with E-state index in [2.05, 4.69) is 59.8 Å². The summed E-state index contributed by atoms with van der Waals surface area (Å²) in [4.78, 5) is 0. The molecule has 0 unspecified atom stereocenters. The summed E-state index contributed by atoms with van der Waals surface area (Å²) in [5.74, 6) is 0.849. The second kappa shape index (κ2) is 8.88. The van der Waals surface area contributed by atoms with Crippen molar-refractivity contribution in [2.75, 3.05) is 0 Å². The molecule has 0 radical (unpaired) electrons. The lowest BCUT2D eigenvalue weighted by atomic mass is 10.0. The third-order valence-corrected chi connectivity index (χ3v) is 5.11. The number of allylic oxidation sites excluding steroid dienone is 1. The molecule has 0 atom stereocenters. The van der Waals surface area contributed by atoms with Crippen LogP contribution in [0.25, 0.3) is 11.6 Å². The molecule has 0 aliphatic rings. The molecule has 3 rings (SSSR count). The predicted octanol–water partition coefficient (Wildman–Crippen LogP) is 6.55. The van der Waals surface area contributed by atoms with Crippen LogP contribution in [0, 0.1) is 28.7 Å². The molecule has 3 aromatic carbocycles. The molecule has 0 N–H and O–H groups in total. The molecular weight excluding hydrogens is 445 g/mol. The SMILES string of the molecule is Cc1ccc(COc2ccc(/C=C(/C#N)c3ccc(C)cc3)cc2I)cc1. The van der Waals surface area contributed by atoms with Crippen LogP contribution in [0.3, 0.4) is 0 Å². The number of benzene rings is 3. The van der Waals surface area contributed by atoms with Crippen LogP contribution in [-0.4, -0.2) is 0 Å². The van der Waals surface area contributed by atoms with Gasteiger partial charge in [-0.05, 0) is 71.3 Å². The van der Waals surface area contributed by atoms with Crippen LogP contribution < -0.4 is 4.74 Å². The summed E-state index contributed by atoms with van der Waals surface area (Å²) in [6, 6.07) is 24.6. The highest BCUT2D eigenvalue weighted by atomic mass is 127. The molecule has 0 saturated carbocycles. The first kappa shape index (κ1) is 19.2. The van der Waals surface area contributed by atoms with Crippen molar-refractivity contribution in [3.8, 4) is 11.8 Å². The summed E-state index contributed by atoms with van der Waals surface area (Å²) >= 11 is 2.27. The van der Waals surface area contributed by atoms with Gasteiger partial charge < -0.3 is 4.74 Å². The molecule has 0 fully saturated rings. The van der Waals surface area contributed by atoms with Crippen LogP contribution in [0.2, 0.25) is 0 Å². The van der Waals surface area contributed by atoms with Crippen LogP contribution in [0.1, 0.15) is 27.8 Å². The van der Waals surface area contributed by atoms with Crippen LogP contribution in [0.5, 0.6) is 5.75 Å². The van der Waals surface area contributed by atoms with E-state index in [0.29, 0.717) is 12.2 Å². The molecule has 0 amide bonds. The number of hydrogen-bond acceptors (Lipinski definition) is 2. The largest absolute Gasteiger partial charge is 0.488 e. The molecule has 0 aliphatic carbocycles. The Hall–Kier alpha value is -2.58. The molecule has 0 saturated heterocycles. The Morgan fingerprint density at radius 3 is 2.19 bits per heavy atom. The second-order valence-electron chi connectivity index (χ2n) is 6.50. The van der Waals surface area contributed by atoms with Crippen molar-refractivity contribution in [2.45, 2.75) is 20.5 Å². The number of rotatable bonds is 5. The van der Waals surface area contributed by atoms with Gasteiger partial charge in [-0.2, -0.15) is 5.26 Å². The highest BCUT2D eigenvalue weighted by molar-refractivity contribution is 14.1. The smallest absolute Gasteiger partial charge is 0.133 e. The highest BCUT2D eigenvalue weighted by Gasteiger charge is 2.05. The van der Waals surface area contributed by atoms with Gasteiger partial charge in [-0.15, -0.1) is 0 Å². The summed E-state index contributed by atoms with van der Waals surface area (Å²) in [5, 5.41) is 9.52. The molecular formula is C24H20INO. The van der Waals surface area contributed by atoms with Gasteiger partial charge in [0.25, 0.3) is 0 Å². The van der Waals surface area contributed by atoms with E-state index in [1.807, 2.05) is 55.5 Å². The molecule has 0 heterocycles. The molecule has 0 aliphatic heterocycles. The number of nitriles is 1. The van der Waals surface area contributed by atoms with E-state index in [9.17, 15) is 5.26 Å². The van der Waals surface area contributed by atoms with Gasteiger partial charge in [-0.25, -0.2) is 0 Å². The van der Waals surface area contributed by atoms with Crippen molar-refractivity contribution in [1.82, 2.24) is 0 Å². The van der Waals surface area contributed by atoms with E-state index in [4.69, 9.17) is 4.74 Å². The monoisotopic (exact) mass is 465 g/mol. The second-order valence-corrected chi connectivity index (χ2v) is 7.66. The van der Waals surface area contributed by atoms with Gasteiger partial charge in [0.15, 0.2) is 0 Å². The molecule has 0 aromatic heterocycles. The predicted molar refractivity (Wildman–Crippen MR) is 119 cm³/mol. The molecule has 0 bridgehead atoms. The number of halogens is 1.